The summed E-state index contributed by atoms with van der Waals surface area (Å²) in [6.45, 7) is 13.0. The molecular weight excluding hydrogens is 542 g/mol. The Balaban J connectivity index is 1.26. The Morgan fingerprint density at radius 3 is 2.30 bits per heavy atom. The maximum atomic E-state index is 6.38. The SMILES string of the molecule is Cc1cc(C)c(-c2cc(-c3cccc(Oc4ccc5c6ccccc6n(-c6cc(C(C)(C)C)ccn6)c5c4)n3)[nH]n2)c(C)c1. The summed E-state index contributed by atoms with van der Waals surface area (Å²) >= 11 is 0. The Hall–Kier alpha value is -5.23. The van der Waals surface area contributed by atoms with Crippen molar-refractivity contribution < 1.29 is 4.74 Å². The lowest BCUT2D eigenvalue weighted by molar-refractivity contribution is 0.464. The number of nitrogens with zero attached hydrogens (tertiary/aromatic N) is 4. The highest BCUT2D eigenvalue weighted by atomic mass is 16.5. The number of hydrogen-bond acceptors (Lipinski definition) is 4. The second-order valence-corrected chi connectivity index (χ2v) is 12.6. The van der Waals surface area contributed by atoms with Crippen LogP contribution in [-0.4, -0.2) is 24.7 Å². The zero-order chi connectivity index (χ0) is 30.6. The molecule has 3 aromatic carbocycles. The molecule has 0 aliphatic heterocycles. The molecule has 44 heavy (non-hydrogen) atoms. The average molecular weight is 578 g/mol. The van der Waals surface area contributed by atoms with Crippen LogP contribution in [0.25, 0.3) is 50.3 Å². The molecule has 7 rings (SSSR count). The smallest absolute Gasteiger partial charge is 0.219 e. The molecule has 0 aliphatic carbocycles. The van der Waals surface area contributed by atoms with Crippen molar-refractivity contribution in [3.05, 3.63) is 119 Å². The zero-order valence-electron chi connectivity index (χ0n) is 25.9. The van der Waals surface area contributed by atoms with Crippen LogP contribution in [0.1, 0.15) is 43.0 Å². The molecule has 0 saturated heterocycles. The molecule has 0 saturated carbocycles. The molecule has 0 atom stereocenters. The predicted molar refractivity (Wildman–Crippen MR) is 179 cm³/mol. The molecule has 4 heterocycles. The maximum absolute atomic E-state index is 6.38. The molecule has 0 bridgehead atoms. The molecule has 218 valence electrons. The largest absolute Gasteiger partial charge is 0.439 e. The van der Waals surface area contributed by atoms with Crippen LogP contribution < -0.4 is 4.74 Å². The molecular formula is C38H35N5O. The van der Waals surface area contributed by atoms with E-state index in [1.165, 1.54) is 27.6 Å². The molecule has 0 aliphatic rings. The van der Waals surface area contributed by atoms with Gasteiger partial charge in [0.25, 0.3) is 0 Å². The predicted octanol–water partition coefficient (Wildman–Crippen LogP) is 9.65. The number of H-pyrrole nitrogens is 1. The molecule has 6 heteroatoms. The Bertz CT molecular complexity index is 2160. The van der Waals surface area contributed by atoms with Gasteiger partial charge in [0, 0.05) is 34.7 Å². The zero-order valence-corrected chi connectivity index (χ0v) is 25.9. The fourth-order valence-corrected chi connectivity index (χ4v) is 6.18. The Kier molecular flexibility index (Phi) is 6.58. The van der Waals surface area contributed by atoms with Crippen LogP contribution in [0.3, 0.4) is 0 Å². The van der Waals surface area contributed by atoms with Crippen molar-refractivity contribution in [2.45, 2.75) is 47.0 Å². The first-order valence-corrected chi connectivity index (χ1v) is 14.9. The molecule has 1 N–H and O–H groups in total. The van der Waals surface area contributed by atoms with Crippen molar-refractivity contribution in [1.82, 2.24) is 24.7 Å². The van der Waals surface area contributed by atoms with E-state index in [9.17, 15) is 0 Å². The van der Waals surface area contributed by atoms with E-state index in [0.717, 1.165) is 44.9 Å². The number of nitrogens with one attached hydrogen (secondary N) is 1. The van der Waals surface area contributed by atoms with Gasteiger partial charge in [-0.1, -0.05) is 62.7 Å². The van der Waals surface area contributed by atoms with E-state index in [2.05, 4.69) is 123 Å². The number of pyridine rings is 2. The summed E-state index contributed by atoms with van der Waals surface area (Å²) < 4.78 is 8.60. The van der Waals surface area contributed by atoms with Gasteiger partial charge in [0.05, 0.1) is 28.1 Å². The minimum atomic E-state index is 0.00855. The van der Waals surface area contributed by atoms with Crippen molar-refractivity contribution in [2.75, 3.05) is 0 Å². The summed E-state index contributed by atoms with van der Waals surface area (Å²) in [6.07, 6.45) is 1.90. The van der Waals surface area contributed by atoms with Gasteiger partial charge < -0.3 is 4.74 Å². The van der Waals surface area contributed by atoms with Gasteiger partial charge in [0.15, 0.2) is 0 Å². The highest BCUT2D eigenvalue weighted by Crippen LogP contribution is 2.36. The van der Waals surface area contributed by atoms with Crippen LogP contribution in [0, 0.1) is 20.8 Å². The fraction of sp³-hybridized carbons (Fsp3) is 0.184. The standard InChI is InChI=1S/C38H35N5O/c1-23-18-24(2)37(25(3)19-23)32-22-31(41-42-32)30-11-9-13-36(40-30)44-27-14-15-29-28-10-7-8-12-33(28)43(34(29)21-27)35-20-26(16-17-39-35)38(4,5)6/h7-22H,1-6H3,(H,41,42). The van der Waals surface area contributed by atoms with Crippen molar-refractivity contribution in [3.8, 4) is 40.1 Å². The third-order valence-electron chi connectivity index (χ3n) is 8.22. The van der Waals surface area contributed by atoms with Gasteiger partial charge in [-0.15, -0.1) is 0 Å². The normalized spacial score (nSPS) is 11.9. The molecule has 0 amide bonds. The molecule has 0 unspecified atom stereocenters. The fourth-order valence-electron chi connectivity index (χ4n) is 6.18. The van der Waals surface area contributed by atoms with Gasteiger partial charge in [0.1, 0.15) is 11.6 Å². The number of rotatable bonds is 5. The highest BCUT2D eigenvalue weighted by Gasteiger charge is 2.18. The van der Waals surface area contributed by atoms with Gasteiger partial charge in [-0.05, 0) is 85.3 Å². The third kappa shape index (κ3) is 4.92. The summed E-state index contributed by atoms with van der Waals surface area (Å²) in [5.41, 5.74) is 10.7. The molecule has 0 radical (unpaired) electrons. The number of hydrogen-bond donors (Lipinski definition) is 1. The lowest BCUT2D eigenvalue weighted by Gasteiger charge is -2.20. The quantitative estimate of drug-likeness (QED) is 0.221. The summed E-state index contributed by atoms with van der Waals surface area (Å²) in [5, 5.41) is 10.1. The van der Waals surface area contributed by atoms with E-state index in [1.807, 2.05) is 30.5 Å². The van der Waals surface area contributed by atoms with E-state index >= 15 is 0 Å². The molecule has 6 nitrogen and oxygen atoms in total. The number of fused-ring (bicyclic) bond motifs is 3. The van der Waals surface area contributed by atoms with Crippen molar-refractivity contribution >= 4 is 21.8 Å². The number of aromatic nitrogens is 5. The van der Waals surface area contributed by atoms with E-state index in [-0.39, 0.29) is 5.41 Å². The number of benzene rings is 3. The lowest BCUT2D eigenvalue weighted by Crippen LogP contribution is -2.12. The van der Waals surface area contributed by atoms with E-state index in [4.69, 9.17) is 14.7 Å². The van der Waals surface area contributed by atoms with Crippen LogP contribution in [0.5, 0.6) is 11.6 Å². The van der Waals surface area contributed by atoms with Crippen molar-refractivity contribution in [3.63, 3.8) is 0 Å². The molecule has 4 aromatic heterocycles. The van der Waals surface area contributed by atoms with Gasteiger partial charge in [-0.25, -0.2) is 9.97 Å². The topological polar surface area (TPSA) is 68.6 Å². The number of para-hydroxylation sites is 1. The first-order chi connectivity index (χ1) is 21.2. The van der Waals surface area contributed by atoms with Crippen LogP contribution >= 0.6 is 0 Å². The van der Waals surface area contributed by atoms with Crippen LogP contribution in [0.15, 0.2) is 97.2 Å². The first-order valence-electron chi connectivity index (χ1n) is 14.9. The van der Waals surface area contributed by atoms with E-state index < -0.39 is 0 Å². The molecule has 7 aromatic rings. The summed E-state index contributed by atoms with van der Waals surface area (Å²) in [7, 11) is 0. The van der Waals surface area contributed by atoms with E-state index in [1.54, 1.807) is 0 Å². The van der Waals surface area contributed by atoms with Gasteiger partial charge in [0.2, 0.25) is 5.88 Å². The second-order valence-electron chi connectivity index (χ2n) is 12.6. The third-order valence-corrected chi connectivity index (χ3v) is 8.22. The highest BCUT2D eigenvalue weighted by molar-refractivity contribution is 6.09. The van der Waals surface area contributed by atoms with Gasteiger partial charge in [-0.3, -0.25) is 9.67 Å². The van der Waals surface area contributed by atoms with Crippen LogP contribution in [0.2, 0.25) is 0 Å². The minimum Gasteiger partial charge on any atom is -0.439 e. The van der Waals surface area contributed by atoms with Crippen molar-refractivity contribution in [2.24, 2.45) is 0 Å². The van der Waals surface area contributed by atoms with Crippen LogP contribution in [-0.2, 0) is 5.41 Å². The molecule has 0 fully saturated rings. The molecule has 0 spiro atoms. The number of aromatic amines is 1. The summed E-state index contributed by atoms with van der Waals surface area (Å²) in [5.74, 6) is 2.10. The van der Waals surface area contributed by atoms with Gasteiger partial charge in [-0.2, -0.15) is 5.10 Å². The Labute approximate surface area is 257 Å². The van der Waals surface area contributed by atoms with Crippen molar-refractivity contribution in [1.29, 1.82) is 0 Å². The van der Waals surface area contributed by atoms with Gasteiger partial charge >= 0.3 is 0 Å². The number of aryl methyl sites for hydroxylation is 3. The average Bonchev–Trinajstić information content (AvgIpc) is 3.59. The minimum absolute atomic E-state index is 0.00855. The Morgan fingerprint density at radius 1 is 0.727 bits per heavy atom. The summed E-state index contributed by atoms with van der Waals surface area (Å²) in [4.78, 5) is 9.63. The maximum Gasteiger partial charge on any atom is 0.219 e. The monoisotopic (exact) mass is 577 g/mol. The van der Waals surface area contributed by atoms with Crippen LogP contribution in [0.4, 0.5) is 0 Å². The lowest BCUT2D eigenvalue weighted by atomic mass is 9.88. The number of ether oxygens (including phenoxy) is 1. The Morgan fingerprint density at radius 2 is 1.50 bits per heavy atom. The first kappa shape index (κ1) is 27.6. The van der Waals surface area contributed by atoms with E-state index in [0.29, 0.717) is 11.6 Å². The summed E-state index contributed by atoms with van der Waals surface area (Å²) in [6, 6.07) is 31.2. The second kappa shape index (κ2) is 10.5.